The molecule has 0 aliphatic carbocycles. The maximum absolute atomic E-state index is 3.96. The van der Waals surface area contributed by atoms with Gasteiger partial charge in [0.25, 0.3) is 0 Å². The first-order valence-corrected chi connectivity index (χ1v) is 5.21. The lowest BCUT2D eigenvalue weighted by molar-refractivity contribution is 1.02. The van der Waals surface area contributed by atoms with Crippen LogP contribution in [0.3, 0.4) is 0 Å². The normalized spacial score (nSPS) is 10.5. The highest BCUT2D eigenvalue weighted by molar-refractivity contribution is 14.1. The van der Waals surface area contributed by atoms with Gasteiger partial charge in [-0.1, -0.05) is 22.0 Å². The summed E-state index contributed by atoms with van der Waals surface area (Å²) >= 11 is 5.59. The van der Waals surface area contributed by atoms with Crippen molar-refractivity contribution in [2.24, 2.45) is 0 Å². The van der Waals surface area contributed by atoms with Gasteiger partial charge >= 0.3 is 0 Å². The summed E-state index contributed by atoms with van der Waals surface area (Å²) in [5.41, 5.74) is 0. The van der Waals surface area contributed by atoms with E-state index in [-0.39, 0.29) is 0 Å². The molecule has 2 rings (SSSR count). The molecule has 2 nitrogen and oxygen atoms in total. The van der Waals surface area contributed by atoms with Crippen molar-refractivity contribution in [3.63, 3.8) is 0 Å². The molecule has 1 aromatic heterocycles. The highest BCUT2D eigenvalue weighted by Crippen LogP contribution is 2.21. The molecule has 12 heavy (non-hydrogen) atoms. The molecule has 1 aromatic carbocycles. The molecule has 0 aliphatic rings. The first kappa shape index (κ1) is 8.37. The zero-order valence-corrected chi connectivity index (χ0v) is 9.70. The Kier molecular flexibility index (Phi) is 2.27. The highest BCUT2D eigenvalue weighted by Gasteiger charge is 1.99. The average Bonchev–Trinajstić information content (AvgIpc) is 2.04. The third kappa shape index (κ3) is 1.45. The van der Waals surface area contributed by atoms with Gasteiger partial charge in [0.15, 0.2) is 0 Å². The summed E-state index contributed by atoms with van der Waals surface area (Å²) < 4.78 is 2.01. The van der Waals surface area contributed by atoms with Gasteiger partial charge in [0.2, 0.25) is 0 Å². The van der Waals surface area contributed by atoms with Crippen molar-refractivity contribution in [3.8, 4) is 0 Å². The van der Waals surface area contributed by atoms with Crippen LogP contribution in [0.1, 0.15) is 0 Å². The molecule has 0 radical (unpaired) electrons. The lowest BCUT2D eigenvalue weighted by atomic mass is 10.2. The average molecular weight is 335 g/mol. The van der Waals surface area contributed by atoms with Crippen LogP contribution in [0.4, 0.5) is 0 Å². The Morgan fingerprint density at radius 2 is 2.17 bits per heavy atom. The van der Waals surface area contributed by atoms with Crippen LogP contribution in [0.2, 0.25) is 0 Å². The standard InChI is InChI=1S/C8H4BrIN2/c9-6-1-2-7-5(3-6)4-11-12-8(7)10/h1-4H. The molecule has 0 atom stereocenters. The van der Waals surface area contributed by atoms with E-state index in [9.17, 15) is 0 Å². The number of benzene rings is 1. The summed E-state index contributed by atoms with van der Waals surface area (Å²) in [7, 11) is 0. The van der Waals surface area contributed by atoms with Crippen molar-refractivity contribution < 1.29 is 0 Å². The predicted octanol–water partition coefficient (Wildman–Crippen LogP) is 3.00. The van der Waals surface area contributed by atoms with Crippen LogP contribution in [-0.2, 0) is 0 Å². The van der Waals surface area contributed by atoms with Gasteiger partial charge < -0.3 is 0 Å². The molecule has 0 saturated heterocycles. The minimum atomic E-state index is 0.942. The zero-order valence-electron chi connectivity index (χ0n) is 5.96. The molecule has 0 bridgehead atoms. The fourth-order valence-electron chi connectivity index (χ4n) is 1.02. The molecule has 0 N–H and O–H groups in total. The van der Waals surface area contributed by atoms with Gasteiger partial charge in [-0.2, -0.15) is 5.10 Å². The first-order valence-electron chi connectivity index (χ1n) is 3.34. The second-order valence-corrected chi connectivity index (χ2v) is 4.30. The van der Waals surface area contributed by atoms with E-state index in [0.717, 1.165) is 18.9 Å². The van der Waals surface area contributed by atoms with Crippen LogP contribution in [0.15, 0.2) is 28.9 Å². The highest BCUT2D eigenvalue weighted by atomic mass is 127. The molecule has 2 aromatic rings. The predicted molar refractivity (Wildman–Crippen MR) is 60.0 cm³/mol. The summed E-state index contributed by atoms with van der Waals surface area (Å²) in [5.74, 6) is 0. The number of hydrogen-bond donors (Lipinski definition) is 0. The van der Waals surface area contributed by atoms with E-state index >= 15 is 0 Å². The molecule has 0 saturated carbocycles. The monoisotopic (exact) mass is 334 g/mol. The van der Waals surface area contributed by atoms with Crippen LogP contribution in [0.5, 0.6) is 0 Å². The molecule has 0 unspecified atom stereocenters. The van der Waals surface area contributed by atoms with Crippen LogP contribution in [0.25, 0.3) is 10.8 Å². The number of rotatable bonds is 0. The fraction of sp³-hybridized carbons (Fsp3) is 0. The Balaban J connectivity index is 2.86. The lowest BCUT2D eigenvalue weighted by Gasteiger charge is -1.97. The number of fused-ring (bicyclic) bond motifs is 1. The molecular weight excluding hydrogens is 331 g/mol. The summed E-state index contributed by atoms with van der Waals surface area (Å²) in [5, 5.41) is 10.1. The van der Waals surface area contributed by atoms with E-state index in [1.165, 1.54) is 0 Å². The second-order valence-electron chi connectivity index (χ2n) is 2.37. The van der Waals surface area contributed by atoms with Gasteiger partial charge in [0, 0.05) is 15.2 Å². The van der Waals surface area contributed by atoms with Gasteiger partial charge in [-0.15, -0.1) is 5.10 Å². The minimum Gasteiger partial charge on any atom is -0.157 e. The van der Waals surface area contributed by atoms with Crippen LogP contribution in [0, 0.1) is 3.70 Å². The third-order valence-electron chi connectivity index (χ3n) is 1.58. The summed E-state index contributed by atoms with van der Waals surface area (Å²) in [6.07, 6.45) is 1.77. The molecule has 0 amide bonds. The summed E-state index contributed by atoms with van der Waals surface area (Å²) in [6, 6.07) is 6.08. The molecule has 4 heteroatoms. The van der Waals surface area contributed by atoms with Crippen LogP contribution >= 0.6 is 38.5 Å². The number of nitrogens with zero attached hydrogens (tertiary/aromatic N) is 2. The zero-order chi connectivity index (χ0) is 8.55. The van der Waals surface area contributed by atoms with Crippen molar-refractivity contribution in [3.05, 3.63) is 32.6 Å². The number of aromatic nitrogens is 2. The first-order chi connectivity index (χ1) is 5.77. The summed E-state index contributed by atoms with van der Waals surface area (Å²) in [4.78, 5) is 0. The van der Waals surface area contributed by atoms with Gasteiger partial charge in [-0.3, -0.25) is 0 Å². The van der Waals surface area contributed by atoms with Gasteiger partial charge in [-0.05, 0) is 34.7 Å². The topological polar surface area (TPSA) is 25.8 Å². The van der Waals surface area contributed by atoms with E-state index in [1.54, 1.807) is 6.20 Å². The van der Waals surface area contributed by atoms with Gasteiger partial charge in [0.05, 0.1) is 6.20 Å². The Hall–Kier alpha value is -0.230. The Bertz CT molecular complexity index is 430. The van der Waals surface area contributed by atoms with Crippen molar-refractivity contribution in [2.75, 3.05) is 0 Å². The third-order valence-corrected chi connectivity index (χ3v) is 2.87. The molecule has 0 spiro atoms. The van der Waals surface area contributed by atoms with Gasteiger partial charge in [0.1, 0.15) is 3.70 Å². The maximum Gasteiger partial charge on any atom is 0.131 e. The minimum absolute atomic E-state index is 0.942. The Morgan fingerprint density at radius 1 is 1.33 bits per heavy atom. The molecule has 60 valence electrons. The maximum atomic E-state index is 3.96. The number of hydrogen-bond acceptors (Lipinski definition) is 2. The Labute approximate surface area is 91.7 Å². The molecule has 1 heterocycles. The lowest BCUT2D eigenvalue weighted by Crippen LogP contribution is -1.86. The van der Waals surface area contributed by atoms with Crippen LogP contribution in [-0.4, -0.2) is 10.2 Å². The largest absolute Gasteiger partial charge is 0.157 e. The van der Waals surface area contributed by atoms with E-state index < -0.39 is 0 Å². The van der Waals surface area contributed by atoms with Crippen molar-refractivity contribution >= 4 is 49.3 Å². The fourth-order valence-corrected chi connectivity index (χ4v) is 2.02. The molecular formula is C8H4BrIN2. The van der Waals surface area contributed by atoms with E-state index in [0.29, 0.717) is 0 Å². The molecule has 0 fully saturated rings. The van der Waals surface area contributed by atoms with Crippen molar-refractivity contribution in [1.29, 1.82) is 0 Å². The quantitative estimate of drug-likeness (QED) is 0.692. The van der Waals surface area contributed by atoms with E-state index in [1.807, 2.05) is 18.2 Å². The van der Waals surface area contributed by atoms with Crippen molar-refractivity contribution in [2.45, 2.75) is 0 Å². The van der Waals surface area contributed by atoms with Crippen molar-refractivity contribution in [1.82, 2.24) is 10.2 Å². The number of halogens is 2. The Morgan fingerprint density at radius 3 is 3.00 bits per heavy atom. The van der Waals surface area contributed by atoms with Crippen LogP contribution < -0.4 is 0 Å². The van der Waals surface area contributed by atoms with E-state index in [4.69, 9.17) is 0 Å². The summed E-state index contributed by atoms with van der Waals surface area (Å²) in [6.45, 7) is 0. The second kappa shape index (κ2) is 3.26. The molecule has 0 aliphatic heterocycles. The SMILES string of the molecule is Brc1ccc2c(I)nncc2c1. The van der Waals surface area contributed by atoms with E-state index in [2.05, 4.69) is 48.7 Å². The smallest absolute Gasteiger partial charge is 0.131 e. The van der Waals surface area contributed by atoms with Gasteiger partial charge in [-0.25, -0.2) is 0 Å².